The Hall–Kier alpha value is -1.23. The number of aryl methyl sites for hydroxylation is 1. The van der Waals surface area contributed by atoms with Crippen molar-refractivity contribution in [2.45, 2.75) is 6.92 Å². The summed E-state index contributed by atoms with van der Waals surface area (Å²) in [4.78, 5) is 10.8. The van der Waals surface area contributed by atoms with Gasteiger partial charge in [0.1, 0.15) is 0 Å². The molecule has 1 aromatic rings. The van der Waals surface area contributed by atoms with E-state index in [9.17, 15) is 9.90 Å². The standard InChI is InChI=1S/C9H9BrO4/c1-4-3-5(14-2)8(11)7(10)6(4)9(12)13/h3,11H,1-2H3,(H,12,13). The maximum atomic E-state index is 10.8. The molecule has 0 aliphatic carbocycles. The summed E-state index contributed by atoms with van der Waals surface area (Å²) >= 11 is 3.01. The fourth-order valence-corrected chi connectivity index (χ4v) is 1.83. The lowest BCUT2D eigenvalue weighted by Gasteiger charge is -2.10. The van der Waals surface area contributed by atoms with E-state index in [0.717, 1.165) is 0 Å². The molecule has 0 aliphatic heterocycles. The van der Waals surface area contributed by atoms with Crippen molar-refractivity contribution >= 4 is 21.9 Å². The average Bonchev–Trinajstić information content (AvgIpc) is 2.10. The van der Waals surface area contributed by atoms with Gasteiger partial charge in [-0.3, -0.25) is 0 Å². The van der Waals surface area contributed by atoms with Crippen LogP contribution >= 0.6 is 15.9 Å². The van der Waals surface area contributed by atoms with Crippen LogP contribution in [0.15, 0.2) is 10.5 Å². The first kappa shape index (κ1) is 10.8. The van der Waals surface area contributed by atoms with Gasteiger partial charge in [0.15, 0.2) is 11.5 Å². The third-order valence-corrected chi connectivity index (χ3v) is 2.61. The van der Waals surface area contributed by atoms with Crippen LogP contribution in [0.25, 0.3) is 0 Å². The number of aromatic carboxylic acids is 1. The van der Waals surface area contributed by atoms with Gasteiger partial charge in [-0.2, -0.15) is 0 Å². The molecule has 0 bridgehead atoms. The van der Waals surface area contributed by atoms with Crippen LogP contribution in [0.3, 0.4) is 0 Å². The quantitative estimate of drug-likeness (QED) is 0.856. The number of rotatable bonds is 2. The third kappa shape index (κ3) is 1.68. The van der Waals surface area contributed by atoms with Gasteiger partial charge in [0.25, 0.3) is 0 Å². The van der Waals surface area contributed by atoms with Crippen LogP contribution in [0.1, 0.15) is 15.9 Å². The molecule has 1 aromatic carbocycles. The maximum Gasteiger partial charge on any atom is 0.337 e. The summed E-state index contributed by atoms with van der Waals surface area (Å²) in [5.41, 5.74) is 0.572. The van der Waals surface area contributed by atoms with E-state index in [2.05, 4.69) is 15.9 Å². The highest BCUT2D eigenvalue weighted by atomic mass is 79.9. The molecule has 1 rings (SSSR count). The van der Waals surface area contributed by atoms with Gasteiger partial charge in [0.05, 0.1) is 17.1 Å². The minimum atomic E-state index is -1.09. The molecule has 4 nitrogen and oxygen atoms in total. The van der Waals surface area contributed by atoms with E-state index in [4.69, 9.17) is 9.84 Å². The monoisotopic (exact) mass is 260 g/mol. The SMILES string of the molecule is COc1cc(C)c(C(=O)O)c(Br)c1O. The van der Waals surface area contributed by atoms with Gasteiger partial charge >= 0.3 is 5.97 Å². The van der Waals surface area contributed by atoms with Crippen molar-refractivity contribution in [3.63, 3.8) is 0 Å². The van der Waals surface area contributed by atoms with E-state index in [-0.39, 0.29) is 21.5 Å². The Labute approximate surface area is 89.3 Å². The maximum absolute atomic E-state index is 10.8. The summed E-state index contributed by atoms with van der Waals surface area (Å²) in [5, 5.41) is 18.4. The molecule has 0 spiro atoms. The summed E-state index contributed by atoms with van der Waals surface area (Å²) in [6.07, 6.45) is 0. The number of phenolic OH excluding ortho intramolecular Hbond substituents is 1. The molecular formula is C9H9BrO4. The third-order valence-electron chi connectivity index (χ3n) is 1.84. The molecule has 0 saturated heterocycles. The number of hydrogen-bond donors (Lipinski definition) is 2. The lowest BCUT2D eigenvalue weighted by atomic mass is 10.1. The lowest BCUT2D eigenvalue weighted by molar-refractivity contribution is 0.0694. The Balaban J connectivity index is 3.49. The van der Waals surface area contributed by atoms with Gasteiger partial charge in [0, 0.05) is 0 Å². The van der Waals surface area contributed by atoms with Gasteiger partial charge in [0.2, 0.25) is 0 Å². The van der Waals surface area contributed by atoms with E-state index in [0.29, 0.717) is 5.56 Å². The minimum Gasteiger partial charge on any atom is -0.503 e. The number of aromatic hydroxyl groups is 1. The molecule has 0 radical (unpaired) electrons. The molecular weight excluding hydrogens is 252 g/mol. The van der Waals surface area contributed by atoms with Crippen molar-refractivity contribution in [1.82, 2.24) is 0 Å². The van der Waals surface area contributed by atoms with Gasteiger partial charge in [-0.1, -0.05) is 0 Å². The fraction of sp³-hybridized carbons (Fsp3) is 0.222. The van der Waals surface area contributed by atoms with E-state index in [1.165, 1.54) is 13.2 Å². The molecule has 2 N–H and O–H groups in total. The first-order valence-corrected chi connectivity index (χ1v) is 4.57. The summed E-state index contributed by atoms with van der Waals surface area (Å²) in [5.74, 6) is -1.04. The van der Waals surface area contributed by atoms with Gasteiger partial charge in [-0.15, -0.1) is 0 Å². The number of phenols is 1. The van der Waals surface area contributed by atoms with E-state index in [1.54, 1.807) is 6.92 Å². The van der Waals surface area contributed by atoms with Gasteiger partial charge < -0.3 is 14.9 Å². The smallest absolute Gasteiger partial charge is 0.337 e. The van der Waals surface area contributed by atoms with Crippen molar-refractivity contribution in [3.8, 4) is 11.5 Å². The second kappa shape index (κ2) is 3.88. The number of hydrogen-bond acceptors (Lipinski definition) is 3. The zero-order valence-corrected chi connectivity index (χ0v) is 9.25. The predicted octanol–water partition coefficient (Wildman–Crippen LogP) is 2.17. The molecule has 0 aliphatic rings. The normalized spacial score (nSPS) is 9.93. The predicted molar refractivity (Wildman–Crippen MR) is 54.1 cm³/mol. The Kier molecular flexibility index (Phi) is 3.00. The summed E-state index contributed by atoms with van der Waals surface area (Å²) in [7, 11) is 1.40. The molecule has 5 heteroatoms. The van der Waals surface area contributed by atoms with E-state index < -0.39 is 5.97 Å². The van der Waals surface area contributed by atoms with Crippen LogP contribution in [0.5, 0.6) is 11.5 Å². The second-order valence-electron chi connectivity index (χ2n) is 2.74. The molecule has 0 heterocycles. The molecule has 0 atom stereocenters. The highest BCUT2D eigenvalue weighted by molar-refractivity contribution is 9.10. The molecule has 0 amide bonds. The number of benzene rings is 1. The van der Waals surface area contributed by atoms with E-state index >= 15 is 0 Å². The largest absolute Gasteiger partial charge is 0.503 e. The molecule has 0 unspecified atom stereocenters. The zero-order chi connectivity index (χ0) is 10.9. The van der Waals surface area contributed by atoms with Gasteiger partial charge in [-0.25, -0.2) is 4.79 Å². The number of methoxy groups -OCH3 is 1. The first-order chi connectivity index (χ1) is 6.49. The first-order valence-electron chi connectivity index (χ1n) is 3.78. The summed E-state index contributed by atoms with van der Waals surface area (Å²) in [6, 6.07) is 1.48. The Morgan fingerprint density at radius 1 is 1.57 bits per heavy atom. The van der Waals surface area contributed by atoms with Gasteiger partial charge in [-0.05, 0) is 34.5 Å². The highest BCUT2D eigenvalue weighted by Gasteiger charge is 2.18. The van der Waals surface area contributed by atoms with Crippen molar-refractivity contribution in [2.24, 2.45) is 0 Å². The van der Waals surface area contributed by atoms with Crippen molar-refractivity contribution < 1.29 is 19.7 Å². The molecule has 76 valence electrons. The van der Waals surface area contributed by atoms with Crippen LogP contribution in [-0.4, -0.2) is 23.3 Å². The lowest BCUT2D eigenvalue weighted by Crippen LogP contribution is -2.02. The topological polar surface area (TPSA) is 66.8 Å². The zero-order valence-electron chi connectivity index (χ0n) is 7.67. The van der Waals surface area contributed by atoms with E-state index in [1.807, 2.05) is 0 Å². The summed E-state index contributed by atoms with van der Waals surface area (Å²) < 4.78 is 5.01. The molecule has 0 fully saturated rings. The summed E-state index contributed by atoms with van der Waals surface area (Å²) in [6.45, 7) is 1.64. The number of carbonyl (C=O) groups is 1. The van der Waals surface area contributed by atoms with Crippen molar-refractivity contribution in [3.05, 3.63) is 21.7 Å². The average molecular weight is 261 g/mol. The molecule has 0 saturated carbocycles. The Bertz CT molecular complexity index is 387. The Morgan fingerprint density at radius 3 is 2.57 bits per heavy atom. The van der Waals surface area contributed by atoms with Crippen LogP contribution < -0.4 is 4.74 Å². The fourth-order valence-electron chi connectivity index (χ4n) is 1.15. The van der Waals surface area contributed by atoms with Crippen LogP contribution in [0, 0.1) is 6.92 Å². The Morgan fingerprint density at radius 2 is 2.14 bits per heavy atom. The minimum absolute atomic E-state index is 0.0447. The number of ether oxygens (including phenoxy) is 1. The molecule has 14 heavy (non-hydrogen) atoms. The number of carboxylic acids is 1. The van der Waals surface area contributed by atoms with Crippen molar-refractivity contribution in [2.75, 3.05) is 7.11 Å². The molecule has 0 aromatic heterocycles. The van der Waals surface area contributed by atoms with Crippen molar-refractivity contribution in [1.29, 1.82) is 0 Å². The number of carboxylic acid groups (broad SMARTS) is 1. The second-order valence-corrected chi connectivity index (χ2v) is 3.53. The van der Waals surface area contributed by atoms with Crippen LogP contribution in [0.2, 0.25) is 0 Å². The highest BCUT2D eigenvalue weighted by Crippen LogP contribution is 2.38. The number of halogens is 1. The van der Waals surface area contributed by atoms with Crippen LogP contribution in [0.4, 0.5) is 0 Å². The van der Waals surface area contributed by atoms with Crippen LogP contribution in [-0.2, 0) is 0 Å².